The molecule has 0 bridgehead atoms. The van der Waals surface area contributed by atoms with Crippen LogP contribution in [0.5, 0.6) is 0 Å². The van der Waals surface area contributed by atoms with E-state index in [1.54, 1.807) is 7.11 Å². The van der Waals surface area contributed by atoms with Crippen molar-refractivity contribution in [3.05, 3.63) is 0 Å². The van der Waals surface area contributed by atoms with E-state index in [9.17, 15) is 4.79 Å². The van der Waals surface area contributed by atoms with Gasteiger partial charge in [-0.1, -0.05) is 13.8 Å². The van der Waals surface area contributed by atoms with Gasteiger partial charge in [0.1, 0.15) is 5.60 Å². The molecule has 0 aromatic heterocycles. The van der Waals surface area contributed by atoms with E-state index >= 15 is 0 Å². The molecule has 1 atom stereocenters. The third kappa shape index (κ3) is 3.76. The second-order valence-corrected chi connectivity index (χ2v) is 6.34. The van der Waals surface area contributed by atoms with Crippen molar-refractivity contribution in [2.45, 2.75) is 38.7 Å². The van der Waals surface area contributed by atoms with Crippen LogP contribution in [0.25, 0.3) is 0 Å². The molecule has 2 aliphatic heterocycles. The molecule has 2 aliphatic rings. The van der Waals surface area contributed by atoms with Crippen molar-refractivity contribution in [1.29, 1.82) is 0 Å². The van der Waals surface area contributed by atoms with Gasteiger partial charge in [-0.2, -0.15) is 0 Å². The topological polar surface area (TPSA) is 44.8 Å². The van der Waals surface area contributed by atoms with Crippen LogP contribution in [0.3, 0.4) is 0 Å². The van der Waals surface area contributed by atoms with Crippen molar-refractivity contribution in [2.75, 3.05) is 52.9 Å². The summed E-state index contributed by atoms with van der Waals surface area (Å²) in [6.07, 6.45) is 2.71. The molecule has 122 valence electrons. The van der Waals surface area contributed by atoms with Crippen molar-refractivity contribution >= 4 is 5.91 Å². The van der Waals surface area contributed by atoms with Gasteiger partial charge in [-0.05, 0) is 51.4 Å². The van der Waals surface area contributed by atoms with Crippen LogP contribution in [-0.4, -0.2) is 74.2 Å². The molecule has 0 saturated carbocycles. The lowest BCUT2D eigenvalue weighted by Gasteiger charge is -2.37. The lowest BCUT2D eigenvalue weighted by atomic mass is 9.90. The van der Waals surface area contributed by atoms with Gasteiger partial charge in [-0.15, -0.1) is 0 Å². The first-order valence-corrected chi connectivity index (χ1v) is 8.42. The van der Waals surface area contributed by atoms with Crippen molar-refractivity contribution in [1.82, 2.24) is 15.1 Å². The highest BCUT2D eigenvalue weighted by atomic mass is 16.5. The molecule has 2 fully saturated rings. The van der Waals surface area contributed by atoms with E-state index < -0.39 is 5.60 Å². The Balaban J connectivity index is 1.92. The fourth-order valence-electron chi connectivity index (χ4n) is 3.64. The zero-order chi connectivity index (χ0) is 15.3. The van der Waals surface area contributed by atoms with Crippen LogP contribution < -0.4 is 5.32 Å². The lowest BCUT2D eigenvalue weighted by Crippen LogP contribution is -2.55. The zero-order valence-corrected chi connectivity index (χ0v) is 13.9. The summed E-state index contributed by atoms with van der Waals surface area (Å²) in [5.74, 6) is 0.831. The van der Waals surface area contributed by atoms with Gasteiger partial charge in [0, 0.05) is 26.7 Å². The van der Waals surface area contributed by atoms with E-state index in [1.165, 1.54) is 0 Å². The Labute approximate surface area is 129 Å². The van der Waals surface area contributed by atoms with Gasteiger partial charge in [0.2, 0.25) is 0 Å². The first kappa shape index (κ1) is 16.7. The summed E-state index contributed by atoms with van der Waals surface area (Å²) in [5.41, 5.74) is -0.574. The van der Waals surface area contributed by atoms with Crippen LogP contribution >= 0.6 is 0 Å². The highest BCUT2D eigenvalue weighted by Gasteiger charge is 2.44. The number of nitrogens with one attached hydrogen (secondary N) is 1. The van der Waals surface area contributed by atoms with E-state index in [4.69, 9.17) is 4.74 Å². The Morgan fingerprint density at radius 1 is 1.33 bits per heavy atom. The maximum atomic E-state index is 12.9. The Kier molecular flexibility index (Phi) is 6.02. The molecule has 1 N–H and O–H groups in total. The minimum atomic E-state index is -0.574. The van der Waals surface area contributed by atoms with Gasteiger partial charge >= 0.3 is 0 Å². The Bertz CT molecular complexity index is 338. The minimum absolute atomic E-state index is 0.216. The average Bonchev–Trinajstić information content (AvgIpc) is 3.01. The second-order valence-electron chi connectivity index (χ2n) is 6.34. The third-order valence-electron chi connectivity index (χ3n) is 5.18. The van der Waals surface area contributed by atoms with E-state index in [-0.39, 0.29) is 5.91 Å². The predicted octanol–water partition coefficient (Wildman–Crippen LogP) is 0.945. The molecule has 2 heterocycles. The lowest BCUT2D eigenvalue weighted by molar-refractivity contribution is -0.157. The molecule has 21 heavy (non-hydrogen) atoms. The first-order chi connectivity index (χ1) is 10.1. The number of hydrogen-bond donors (Lipinski definition) is 1. The Morgan fingerprint density at radius 3 is 2.57 bits per heavy atom. The minimum Gasteiger partial charge on any atom is -0.368 e. The summed E-state index contributed by atoms with van der Waals surface area (Å²) in [7, 11) is 1.69. The van der Waals surface area contributed by atoms with Crippen LogP contribution in [0.1, 0.15) is 33.1 Å². The standard InChI is InChI=1S/C16H31N3O2/c1-4-18(5-2)12-14-6-11-19(13-14)15(20)16(21-3)7-9-17-10-8-16/h14,17H,4-13H2,1-3H3. The molecule has 2 saturated heterocycles. The van der Waals surface area contributed by atoms with Crippen molar-refractivity contribution in [3.8, 4) is 0 Å². The van der Waals surface area contributed by atoms with Gasteiger partial charge in [0.05, 0.1) is 0 Å². The molecule has 2 rings (SSSR count). The van der Waals surface area contributed by atoms with Crippen LogP contribution in [0, 0.1) is 5.92 Å². The van der Waals surface area contributed by atoms with Crippen LogP contribution in [0.2, 0.25) is 0 Å². The molecular formula is C16H31N3O2. The van der Waals surface area contributed by atoms with Gasteiger partial charge in [-0.3, -0.25) is 4.79 Å². The number of carbonyl (C=O) groups is 1. The van der Waals surface area contributed by atoms with E-state index in [2.05, 4.69) is 24.1 Å². The summed E-state index contributed by atoms with van der Waals surface area (Å²) in [5, 5.41) is 3.31. The number of piperidine rings is 1. The zero-order valence-electron chi connectivity index (χ0n) is 13.9. The van der Waals surface area contributed by atoms with Gasteiger partial charge in [-0.25, -0.2) is 0 Å². The number of rotatable bonds is 6. The third-order valence-corrected chi connectivity index (χ3v) is 5.18. The summed E-state index contributed by atoms with van der Waals surface area (Å²) in [6, 6.07) is 0. The summed E-state index contributed by atoms with van der Waals surface area (Å²) in [4.78, 5) is 17.4. The molecule has 1 unspecified atom stereocenters. The molecular weight excluding hydrogens is 266 g/mol. The number of amides is 1. The molecule has 0 spiro atoms. The highest BCUT2D eigenvalue weighted by Crippen LogP contribution is 2.28. The second kappa shape index (κ2) is 7.56. The van der Waals surface area contributed by atoms with Crippen LogP contribution in [0.15, 0.2) is 0 Å². The average molecular weight is 297 g/mol. The first-order valence-electron chi connectivity index (χ1n) is 8.42. The van der Waals surface area contributed by atoms with Crippen LogP contribution in [0.4, 0.5) is 0 Å². The van der Waals surface area contributed by atoms with E-state index in [1.807, 2.05) is 4.90 Å². The number of ether oxygens (including phenoxy) is 1. The van der Waals surface area contributed by atoms with Crippen molar-refractivity contribution < 1.29 is 9.53 Å². The van der Waals surface area contributed by atoms with Gasteiger partial charge < -0.3 is 19.9 Å². The normalized spacial score (nSPS) is 25.5. The largest absolute Gasteiger partial charge is 0.368 e. The fraction of sp³-hybridized carbons (Fsp3) is 0.938. The fourth-order valence-corrected chi connectivity index (χ4v) is 3.64. The molecule has 0 aromatic carbocycles. The molecule has 0 radical (unpaired) electrons. The maximum Gasteiger partial charge on any atom is 0.254 e. The van der Waals surface area contributed by atoms with Crippen molar-refractivity contribution in [2.24, 2.45) is 5.92 Å². The van der Waals surface area contributed by atoms with Crippen LogP contribution in [-0.2, 0) is 9.53 Å². The SMILES string of the molecule is CCN(CC)CC1CCN(C(=O)C2(OC)CCNCC2)C1. The molecule has 0 aromatic rings. The Hall–Kier alpha value is -0.650. The number of hydrogen-bond acceptors (Lipinski definition) is 4. The Morgan fingerprint density at radius 2 is 2.00 bits per heavy atom. The number of carbonyl (C=O) groups excluding carboxylic acids is 1. The van der Waals surface area contributed by atoms with Gasteiger partial charge in [0.25, 0.3) is 5.91 Å². The monoisotopic (exact) mass is 297 g/mol. The quantitative estimate of drug-likeness (QED) is 0.793. The van der Waals surface area contributed by atoms with E-state index in [0.717, 1.165) is 65.1 Å². The molecule has 5 heteroatoms. The molecule has 1 amide bonds. The number of methoxy groups -OCH3 is 1. The highest BCUT2D eigenvalue weighted by molar-refractivity contribution is 5.85. The number of likely N-dealkylation sites (tertiary alicyclic amines) is 1. The predicted molar refractivity (Wildman–Crippen MR) is 84.3 cm³/mol. The maximum absolute atomic E-state index is 12.9. The van der Waals surface area contributed by atoms with Gasteiger partial charge in [0.15, 0.2) is 0 Å². The number of nitrogens with zero attached hydrogens (tertiary/aromatic N) is 2. The van der Waals surface area contributed by atoms with Crippen molar-refractivity contribution in [3.63, 3.8) is 0 Å². The molecule has 0 aliphatic carbocycles. The summed E-state index contributed by atoms with van der Waals surface area (Å²) in [6.45, 7) is 11.2. The molecule has 5 nitrogen and oxygen atoms in total. The smallest absolute Gasteiger partial charge is 0.254 e. The van der Waals surface area contributed by atoms with E-state index in [0.29, 0.717) is 5.92 Å². The summed E-state index contributed by atoms with van der Waals surface area (Å²) < 4.78 is 5.67. The summed E-state index contributed by atoms with van der Waals surface area (Å²) >= 11 is 0.